The molecule has 1 N–H and O–H groups in total. The molecule has 2 fully saturated rings. The number of nitrogens with zero attached hydrogens (tertiary/aromatic N) is 4. The first kappa shape index (κ1) is 11.0. The molecule has 5 nitrogen and oxygen atoms in total. The van der Waals surface area contributed by atoms with Gasteiger partial charge < -0.3 is 5.32 Å². The SMILES string of the molecule is Fc1cccc(C2CC3CCC2N3)c1-n1cnnn1. The van der Waals surface area contributed by atoms with Crippen molar-refractivity contribution in [3.05, 3.63) is 35.9 Å². The molecule has 2 aliphatic rings. The maximum Gasteiger partial charge on any atom is 0.149 e. The molecule has 0 amide bonds. The van der Waals surface area contributed by atoms with E-state index < -0.39 is 0 Å². The van der Waals surface area contributed by atoms with Gasteiger partial charge in [0.05, 0.1) is 0 Å². The lowest BCUT2D eigenvalue weighted by Crippen LogP contribution is -2.22. The molecule has 4 rings (SSSR count). The van der Waals surface area contributed by atoms with Crippen molar-refractivity contribution in [2.24, 2.45) is 0 Å². The van der Waals surface area contributed by atoms with Gasteiger partial charge >= 0.3 is 0 Å². The number of halogens is 1. The Bertz CT molecular complexity index is 597. The quantitative estimate of drug-likeness (QED) is 0.886. The van der Waals surface area contributed by atoms with E-state index in [2.05, 4.69) is 20.8 Å². The normalized spacial score (nSPS) is 29.0. The molecule has 98 valence electrons. The van der Waals surface area contributed by atoms with Crippen molar-refractivity contribution < 1.29 is 4.39 Å². The van der Waals surface area contributed by atoms with Gasteiger partial charge in [-0.1, -0.05) is 12.1 Å². The minimum Gasteiger partial charge on any atom is -0.311 e. The van der Waals surface area contributed by atoms with Crippen LogP contribution in [0.2, 0.25) is 0 Å². The van der Waals surface area contributed by atoms with Crippen LogP contribution in [0.1, 0.15) is 30.7 Å². The van der Waals surface area contributed by atoms with Gasteiger partial charge in [-0.2, -0.15) is 4.68 Å². The summed E-state index contributed by atoms with van der Waals surface area (Å²) in [5.41, 5.74) is 1.50. The van der Waals surface area contributed by atoms with Crippen molar-refractivity contribution in [1.82, 2.24) is 25.5 Å². The van der Waals surface area contributed by atoms with Gasteiger partial charge in [-0.25, -0.2) is 4.39 Å². The van der Waals surface area contributed by atoms with Crippen molar-refractivity contribution in [2.45, 2.75) is 37.3 Å². The number of tetrazole rings is 1. The molecule has 3 unspecified atom stereocenters. The molecule has 3 heterocycles. The summed E-state index contributed by atoms with van der Waals surface area (Å²) in [4.78, 5) is 0. The molecule has 6 heteroatoms. The van der Waals surface area contributed by atoms with E-state index in [4.69, 9.17) is 0 Å². The van der Waals surface area contributed by atoms with Crippen molar-refractivity contribution in [2.75, 3.05) is 0 Å². The van der Waals surface area contributed by atoms with Crippen LogP contribution in [0.25, 0.3) is 5.69 Å². The van der Waals surface area contributed by atoms with Crippen LogP contribution in [0.5, 0.6) is 0 Å². The van der Waals surface area contributed by atoms with Gasteiger partial charge in [0, 0.05) is 18.0 Å². The van der Waals surface area contributed by atoms with Crippen LogP contribution in [0, 0.1) is 5.82 Å². The number of fused-ring (bicyclic) bond motifs is 2. The zero-order chi connectivity index (χ0) is 12.8. The van der Waals surface area contributed by atoms with E-state index >= 15 is 0 Å². The Labute approximate surface area is 109 Å². The highest BCUT2D eigenvalue weighted by molar-refractivity contribution is 5.45. The Morgan fingerprint density at radius 1 is 1.32 bits per heavy atom. The number of benzene rings is 1. The Balaban J connectivity index is 1.82. The van der Waals surface area contributed by atoms with E-state index in [1.54, 1.807) is 6.07 Å². The van der Waals surface area contributed by atoms with Gasteiger partial charge in [0.2, 0.25) is 0 Å². The first-order chi connectivity index (χ1) is 9.33. The maximum atomic E-state index is 14.2. The third-order valence-corrected chi connectivity index (χ3v) is 4.30. The van der Waals surface area contributed by atoms with E-state index in [0.29, 0.717) is 23.7 Å². The van der Waals surface area contributed by atoms with Gasteiger partial charge in [0.15, 0.2) is 0 Å². The molecule has 3 atom stereocenters. The fourth-order valence-corrected chi connectivity index (χ4v) is 3.50. The molecular formula is C13H14FN5. The molecule has 2 saturated heterocycles. The first-order valence-corrected chi connectivity index (χ1v) is 6.61. The predicted octanol–water partition coefficient (Wildman–Crippen LogP) is 1.41. The summed E-state index contributed by atoms with van der Waals surface area (Å²) in [6.45, 7) is 0. The van der Waals surface area contributed by atoms with Crippen molar-refractivity contribution in [3.63, 3.8) is 0 Å². The lowest BCUT2D eigenvalue weighted by Gasteiger charge is -2.23. The molecule has 2 bridgehead atoms. The summed E-state index contributed by atoms with van der Waals surface area (Å²) in [6.07, 6.45) is 4.92. The maximum absolute atomic E-state index is 14.2. The smallest absolute Gasteiger partial charge is 0.149 e. The highest BCUT2D eigenvalue weighted by Gasteiger charge is 2.41. The lowest BCUT2D eigenvalue weighted by molar-refractivity contribution is 0.499. The second-order valence-electron chi connectivity index (χ2n) is 5.32. The fourth-order valence-electron chi connectivity index (χ4n) is 3.50. The minimum atomic E-state index is -0.271. The monoisotopic (exact) mass is 259 g/mol. The molecule has 1 aromatic heterocycles. The molecule has 0 spiro atoms. The number of rotatable bonds is 2. The van der Waals surface area contributed by atoms with Crippen LogP contribution in [0.3, 0.4) is 0 Å². The number of hydrogen-bond acceptors (Lipinski definition) is 4. The predicted molar refractivity (Wildman–Crippen MR) is 66.4 cm³/mol. The van der Waals surface area contributed by atoms with Crippen LogP contribution in [-0.2, 0) is 0 Å². The molecule has 2 aliphatic heterocycles. The van der Waals surface area contributed by atoms with Gasteiger partial charge in [0.25, 0.3) is 0 Å². The summed E-state index contributed by atoms with van der Waals surface area (Å²) in [7, 11) is 0. The minimum absolute atomic E-state index is 0.271. The van der Waals surface area contributed by atoms with Crippen molar-refractivity contribution in [1.29, 1.82) is 0 Å². The van der Waals surface area contributed by atoms with Crippen molar-refractivity contribution >= 4 is 0 Å². The van der Waals surface area contributed by atoms with Gasteiger partial charge in [-0.05, 0) is 41.3 Å². The third-order valence-electron chi connectivity index (χ3n) is 4.30. The standard InChI is InChI=1S/C13H14FN5/c14-11-3-1-2-9(13(11)19-7-15-17-18-19)10-6-8-4-5-12(10)16-8/h1-3,7-8,10,12,16H,4-6H2. The number of nitrogens with one attached hydrogen (secondary N) is 1. The van der Waals surface area contributed by atoms with Crippen LogP contribution in [0.15, 0.2) is 24.5 Å². The summed E-state index contributed by atoms with van der Waals surface area (Å²) in [5, 5.41) is 14.6. The highest BCUT2D eigenvalue weighted by Crippen LogP contribution is 2.42. The Kier molecular flexibility index (Phi) is 2.38. The number of hydrogen-bond donors (Lipinski definition) is 1. The van der Waals surface area contributed by atoms with Crippen LogP contribution >= 0.6 is 0 Å². The van der Waals surface area contributed by atoms with Gasteiger partial charge in [-0.15, -0.1) is 5.10 Å². The van der Waals surface area contributed by atoms with E-state index in [1.807, 2.05) is 6.07 Å². The van der Waals surface area contributed by atoms with Crippen LogP contribution < -0.4 is 5.32 Å². The summed E-state index contributed by atoms with van der Waals surface area (Å²) >= 11 is 0. The number of aromatic nitrogens is 4. The lowest BCUT2D eigenvalue weighted by atomic mass is 9.83. The van der Waals surface area contributed by atoms with E-state index in [1.165, 1.54) is 29.9 Å². The van der Waals surface area contributed by atoms with E-state index in [0.717, 1.165) is 12.0 Å². The second kappa shape index (κ2) is 4.09. The Morgan fingerprint density at radius 3 is 2.95 bits per heavy atom. The molecule has 2 aromatic rings. The van der Waals surface area contributed by atoms with E-state index in [-0.39, 0.29) is 5.82 Å². The highest BCUT2D eigenvalue weighted by atomic mass is 19.1. The molecule has 0 radical (unpaired) electrons. The van der Waals surface area contributed by atoms with Gasteiger partial charge in [0.1, 0.15) is 17.8 Å². The van der Waals surface area contributed by atoms with Crippen molar-refractivity contribution in [3.8, 4) is 5.69 Å². The Morgan fingerprint density at radius 2 is 2.26 bits per heavy atom. The van der Waals surface area contributed by atoms with E-state index in [9.17, 15) is 4.39 Å². The molecule has 0 aliphatic carbocycles. The van der Waals surface area contributed by atoms with Crippen LogP contribution in [-0.4, -0.2) is 32.3 Å². The zero-order valence-corrected chi connectivity index (χ0v) is 10.3. The van der Waals surface area contributed by atoms with Crippen LogP contribution in [0.4, 0.5) is 4.39 Å². The molecule has 19 heavy (non-hydrogen) atoms. The summed E-state index contributed by atoms with van der Waals surface area (Å²) in [5.74, 6) is 0.0845. The average molecular weight is 259 g/mol. The summed E-state index contributed by atoms with van der Waals surface area (Å²) in [6, 6.07) is 6.26. The first-order valence-electron chi connectivity index (χ1n) is 6.61. The number of para-hydroxylation sites is 1. The average Bonchev–Trinajstić information content (AvgIpc) is 3.15. The molecule has 1 aromatic carbocycles. The molecular weight excluding hydrogens is 245 g/mol. The largest absolute Gasteiger partial charge is 0.311 e. The fraction of sp³-hybridized carbons (Fsp3) is 0.462. The van der Waals surface area contributed by atoms with Gasteiger partial charge in [-0.3, -0.25) is 0 Å². The third kappa shape index (κ3) is 1.67. The Hall–Kier alpha value is -1.82. The molecule has 0 saturated carbocycles. The second-order valence-corrected chi connectivity index (χ2v) is 5.32. The zero-order valence-electron chi connectivity index (χ0n) is 10.3. The summed E-state index contributed by atoms with van der Waals surface area (Å²) < 4.78 is 15.6. The topological polar surface area (TPSA) is 55.6 Å².